The number of aryl methyl sites for hydroxylation is 1. The van der Waals surface area contributed by atoms with E-state index >= 15 is 0 Å². The lowest BCUT2D eigenvalue weighted by atomic mass is 9.86. The number of amides is 2. The van der Waals surface area contributed by atoms with Crippen LogP contribution in [0.25, 0.3) is 11.4 Å². The number of nitrogens with zero attached hydrogens (tertiary/aromatic N) is 3. The summed E-state index contributed by atoms with van der Waals surface area (Å²) in [7, 11) is 0. The number of carbonyl (C=O) groups excluding carboxylic acids is 2. The standard InChI is InChI=1S/C29H21Cl2F3N4O3/c1-14(2)37-24-23(36-25(37)18-6-4-5-7-22(18)41-29(32,33)34)26(39)38(21-13-17(31)9-8-15(21)3)28(24)19-11-10-16(30)12-20(19)35-27(28)40/h4-14H,1-3H3,(H,35,40). The van der Waals surface area contributed by atoms with E-state index < -0.39 is 35.5 Å². The van der Waals surface area contributed by atoms with Crippen molar-refractivity contribution in [3.05, 3.63) is 93.2 Å². The molecule has 0 saturated heterocycles. The van der Waals surface area contributed by atoms with Crippen LogP contribution < -0.4 is 15.0 Å². The third kappa shape index (κ3) is 3.99. The minimum absolute atomic E-state index is 0.0103. The molecule has 1 N–H and O–H groups in total. The molecule has 41 heavy (non-hydrogen) atoms. The monoisotopic (exact) mass is 600 g/mol. The number of rotatable bonds is 4. The third-order valence-electron chi connectivity index (χ3n) is 7.23. The van der Waals surface area contributed by atoms with Crippen LogP contribution >= 0.6 is 23.2 Å². The molecule has 3 aromatic carbocycles. The van der Waals surface area contributed by atoms with Crippen molar-refractivity contribution in [1.29, 1.82) is 0 Å². The van der Waals surface area contributed by atoms with Crippen LogP contribution in [-0.2, 0) is 10.3 Å². The van der Waals surface area contributed by atoms with E-state index in [1.54, 1.807) is 67.8 Å². The normalized spacial score (nSPS) is 17.8. The fourth-order valence-electron chi connectivity index (χ4n) is 5.69. The Bertz CT molecular complexity index is 1770. The Morgan fingerprint density at radius 2 is 1.68 bits per heavy atom. The second-order valence-corrected chi connectivity index (χ2v) is 10.9. The molecule has 0 aliphatic carbocycles. The number of ether oxygens (including phenoxy) is 1. The van der Waals surface area contributed by atoms with E-state index in [0.29, 0.717) is 32.5 Å². The van der Waals surface area contributed by atoms with Gasteiger partial charge in [0.25, 0.3) is 11.8 Å². The Balaban J connectivity index is 1.71. The van der Waals surface area contributed by atoms with Crippen LogP contribution in [0.2, 0.25) is 10.0 Å². The van der Waals surface area contributed by atoms with Gasteiger partial charge in [-0.15, -0.1) is 13.2 Å². The van der Waals surface area contributed by atoms with Crippen molar-refractivity contribution in [2.45, 2.75) is 38.7 Å². The maximum absolute atomic E-state index is 14.4. The first-order valence-corrected chi connectivity index (χ1v) is 13.3. The van der Waals surface area contributed by atoms with Gasteiger partial charge in [0.1, 0.15) is 11.6 Å². The SMILES string of the molecule is Cc1ccc(Cl)cc1N1C(=O)c2nc(-c3ccccc3OC(F)(F)F)n(C(C)C)c2C12C(=O)Nc1cc(Cl)ccc12. The smallest absolute Gasteiger partial charge is 0.405 e. The third-order valence-corrected chi connectivity index (χ3v) is 7.70. The van der Waals surface area contributed by atoms with Crippen molar-refractivity contribution in [2.75, 3.05) is 10.2 Å². The van der Waals surface area contributed by atoms with Crippen LogP contribution in [0.15, 0.2) is 60.7 Å². The van der Waals surface area contributed by atoms with Gasteiger partial charge in [-0.05, 0) is 62.7 Å². The van der Waals surface area contributed by atoms with E-state index in [0.717, 1.165) is 0 Å². The van der Waals surface area contributed by atoms with Crippen molar-refractivity contribution in [1.82, 2.24) is 9.55 Å². The summed E-state index contributed by atoms with van der Waals surface area (Å²) in [6.45, 7) is 5.37. The van der Waals surface area contributed by atoms with Crippen molar-refractivity contribution < 1.29 is 27.5 Å². The molecule has 1 spiro atoms. The summed E-state index contributed by atoms with van der Waals surface area (Å²) >= 11 is 12.6. The van der Waals surface area contributed by atoms with Crippen LogP contribution in [-0.4, -0.2) is 27.7 Å². The zero-order chi connectivity index (χ0) is 29.4. The largest absolute Gasteiger partial charge is 0.573 e. The fraction of sp³-hybridized carbons (Fsp3) is 0.207. The number of benzene rings is 3. The van der Waals surface area contributed by atoms with Crippen LogP contribution in [0.5, 0.6) is 5.75 Å². The van der Waals surface area contributed by atoms with Crippen LogP contribution in [0.1, 0.15) is 47.2 Å². The molecular weight excluding hydrogens is 580 g/mol. The Morgan fingerprint density at radius 3 is 2.39 bits per heavy atom. The summed E-state index contributed by atoms with van der Waals surface area (Å²) < 4.78 is 45.9. The van der Waals surface area contributed by atoms with Crippen molar-refractivity contribution in [3.8, 4) is 17.1 Å². The Morgan fingerprint density at radius 1 is 1.00 bits per heavy atom. The highest BCUT2D eigenvalue weighted by atomic mass is 35.5. The summed E-state index contributed by atoms with van der Waals surface area (Å²) in [6, 6.07) is 14.9. The number of hydrogen-bond donors (Lipinski definition) is 1. The molecule has 2 amide bonds. The molecule has 6 rings (SSSR count). The molecule has 1 atom stereocenters. The molecule has 0 bridgehead atoms. The van der Waals surface area contributed by atoms with Crippen molar-refractivity contribution in [2.24, 2.45) is 0 Å². The van der Waals surface area contributed by atoms with Gasteiger partial charge in [-0.25, -0.2) is 4.98 Å². The van der Waals surface area contributed by atoms with E-state index in [2.05, 4.69) is 15.0 Å². The number of imidazole rings is 1. The zero-order valence-corrected chi connectivity index (χ0v) is 23.3. The number of carbonyl (C=O) groups is 2. The Hall–Kier alpha value is -4.02. The molecule has 2 aliphatic rings. The minimum Gasteiger partial charge on any atom is -0.405 e. The van der Waals surface area contributed by atoms with Crippen molar-refractivity contribution >= 4 is 46.4 Å². The number of anilines is 2. The lowest BCUT2D eigenvalue weighted by Gasteiger charge is -2.36. The molecule has 3 heterocycles. The second-order valence-electron chi connectivity index (χ2n) is 10.1. The molecule has 0 radical (unpaired) electrons. The lowest BCUT2D eigenvalue weighted by Crippen LogP contribution is -2.51. The average molecular weight is 601 g/mol. The molecule has 0 saturated carbocycles. The number of nitrogens with one attached hydrogen (secondary N) is 1. The minimum atomic E-state index is -4.96. The van der Waals surface area contributed by atoms with Gasteiger partial charge < -0.3 is 14.6 Å². The highest BCUT2D eigenvalue weighted by Gasteiger charge is 2.64. The number of halogens is 5. The zero-order valence-electron chi connectivity index (χ0n) is 21.8. The average Bonchev–Trinajstić information content (AvgIpc) is 3.49. The van der Waals surface area contributed by atoms with Gasteiger partial charge in [0.15, 0.2) is 11.2 Å². The van der Waals surface area contributed by atoms with Gasteiger partial charge in [0.05, 0.1) is 16.9 Å². The maximum atomic E-state index is 14.4. The number of fused-ring (bicyclic) bond motifs is 4. The van der Waals surface area contributed by atoms with Crippen LogP contribution in [0.3, 0.4) is 0 Å². The van der Waals surface area contributed by atoms with Gasteiger partial charge in [-0.1, -0.05) is 47.5 Å². The van der Waals surface area contributed by atoms with Gasteiger partial charge in [-0.2, -0.15) is 0 Å². The number of para-hydroxylation sites is 1. The van der Waals surface area contributed by atoms with Crippen LogP contribution in [0.4, 0.5) is 24.5 Å². The number of aromatic nitrogens is 2. The summed E-state index contributed by atoms with van der Waals surface area (Å²) in [5.41, 5.74) is 0.269. The second kappa shape index (κ2) is 9.25. The first-order valence-electron chi connectivity index (χ1n) is 12.5. The fourth-order valence-corrected chi connectivity index (χ4v) is 6.03. The quantitative estimate of drug-likeness (QED) is 0.263. The van der Waals surface area contributed by atoms with Gasteiger partial charge in [0.2, 0.25) is 0 Å². The lowest BCUT2D eigenvalue weighted by molar-refractivity contribution is -0.274. The van der Waals surface area contributed by atoms with E-state index in [9.17, 15) is 22.8 Å². The molecule has 7 nitrogen and oxygen atoms in total. The first kappa shape index (κ1) is 27.2. The predicted octanol–water partition coefficient (Wildman–Crippen LogP) is 7.50. The summed E-state index contributed by atoms with van der Waals surface area (Å²) in [5, 5.41) is 3.57. The molecule has 1 unspecified atom stereocenters. The number of hydrogen-bond acceptors (Lipinski definition) is 4. The molecule has 12 heteroatoms. The molecule has 0 fully saturated rings. The van der Waals surface area contributed by atoms with E-state index in [-0.39, 0.29) is 22.8 Å². The van der Waals surface area contributed by atoms with Gasteiger partial charge in [-0.3, -0.25) is 14.5 Å². The summed E-state index contributed by atoms with van der Waals surface area (Å²) in [5.74, 6) is -1.60. The Labute approximate surface area is 242 Å². The summed E-state index contributed by atoms with van der Waals surface area (Å²) in [4.78, 5) is 34.6. The maximum Gasteiger partial charge on any atom is 0.573 e. The topological polar surface area (TPSA) is 76.5 Å². The van der Waals surface area contributed by atoms with E-state index in [1.165, 1.54) is 23.1 Å². The van der Waals surface area contributed by atoms with Gasteiger partial charge >= 0.3 is 6.36 Å². The predicted molar refractivity (Wildman–Crippen MR) is 149 cm³/mol. The number of alkyl halides is 3. The van der Waals surface area contributed by atoms with E-state index in [1.807, 2.05) is 0 Å². The first-order chi connectivity index (χ1) is 19.3. The molecule has 4 aromatic rings. The van der Waals surface area contributed by atoms with Crippen LogP contribution in [0, 0.1) is 6.92 Å². The van der Waals surface area contributed by atoms with Gasteiger partial charge in [0, 0.05) is 27.3 Å². The highest BCUT2D eigenvalue weighted by molar-refractivity contribution is 6.32. The molecule has 2 aliphatic heterocycles. The van der Waals surface area contributed by atoms with Crippen molar-refractivity contribution in [3.63, 3.8) is 0 Å². The Kier molecular flexibility index (Phi) is 6.13. The molecular formula is C29H21Cl2F3N4O3. The summed E-state index contributed by atoms with van der Waals surface area (Å²) in [6.07, 6.45) is -4.96. The molecule has 1 aromatic heterocycles. The van der Waals surface area contributed by atoms with E-state index in [4.69, 9.17) is 23.2 Å². The highest BCUT2D eigenvalue weighted by Crippen LogP contribution is 2.55. The molecule has 210 valence electrons.